The van der Waals surface area contributed by atoms with Gasteiger partial charge in [0, 0.05) is 19.3 Å². The molecule has 1 aliphatic heterocycles. The van der Waals surface area contributed by atoms with Crippen molar-refractivity contribution in [2.75, 3.05) is 11.5 Å². The van der Waals surface area contributed by atoms with Crippen molar-refractivity contribution in [1.29, 1.82) is 5.26 Å². The van der Waals surface area contributed by atoms with Crippen molar-refractivity contribution in [2.45, 2.75) is 49.6 Å². The van der Waals surface area contributed by atoms with Gasteiger partial charge in [-0.3, -0.25) is 0 Å². The second-order valence-corrected chi connectivity index (χ2v) is 8.98. The van der Waals surface area contributed by atoms with E-state index in [0.717, 1.165) is 37.7 Å². The van der Waals surface area contributed by atoms with E-state index >= 15 is 0 Å². The molecule has 0 aromatic heterocycles. The zero-order valence-electron chi connectivity index (χ0n) is 12.7. The van der Waals surface area contributed by atoms with E-state index in [1.165, 1.54) is 0 Å². The van der Waals surface area contributed by atoms with Crippen LogP contribution in [-0.4, -0.2) is 32.0 Å². The normalized spacial score (nSPS) is 34.1. The molecule has 2 N–H and O–H groups in total. The molecule has 4 nitrogen and oxygen atoms in total. The first-order valence-corrected chi connectivity index (χ1v) is 9.87. The maximum absolute atomic E-state index is 11.6. The summed E-state index contributed by atoms with van der Waals surface area (Å²) in [6.45, 7) is 0. The number of sulfone groups is 1. The Labute approximate surface area is 132 Å². The molecule has 1 saturated heterocycles. The molecule has 5 heteroatoms. The molecule has 1 atom stereocenters. The van der Waals surface area contributed by atoms with Crippen LogP contribution in [0.5, 0.6) is 0 Å². The molecule has 0 radical (unpaired) electrons. The SMILES string of the molecule is N#CC1(c2ccccc2)CCC([NH2+][C@@H]2CCS(=O)(=O)C2)CC1. The second kappa shape index (κ2) is 6.02. The lowest BCUT2D eigenvalue weighted by Crippen LogP contribution is -2.95. The monoisotopic (exact) mass is 319 g/mol. The highest BCUT2D eigenvalue weighted by molar-refractivity contribution is 7.91. The molecule has 0 amide bonds. The quantitative estimate of drug-likeness (QED) is 0.908. The van der Waals surface area contributed by atoms with Gasteiger partial charge in [0.05, 0.1) is 23.3 Å². The second-order valence-electron chi connectivity index (χ2n) is 6.75. The average Bonchev–Trinajstić information content (AvgIpc) is 2.88. The van der Waals surface area contributed by atoms with Gasteiger partial charge >= 0.3 is 0 Å². The molecule has 1 heterocycles. The van der Waals surface area contributed by atoms with Crippen molar-refractivity contribution in [3.05, 3.63) is 35.9 Å². The highest BCUT2D eigenvalue weighted by Crippen LogP contribution is 2.38. The maximum atomic E-state index is 11.6. The summed E-state index contributed by atoms with van der Waals surface area (Å²) in [4.78, 5) is 0. The number of hydrogen-bond donors (Lipinski definition) is 1. The van der Waals surface area contributed by atoms with Gasteiger partial charge in [-0.1, -0.05) is 30.3 Å². The van der Waals surface area contributed by atoms with Crippen LogP contribution in [0.1, 0.15) is 37.7 Å². The molecule has 1 aliphatic carbocycles. The van der Waals surface area contributed by atoms with E-state index in [-0.39, 0.29) is 11.5 Å². The molecule has 118 valence electrons. The third kappa shape index (κ3) is 3.18. The van der Waals surface area contributed by atoms with Gasteiger partial charge in [-0.25, -0.2) is 8.42 Å². The third-order valence-electron chi connectivity index (χ3n) is 5.24. The van der Waals surface area contributed by atoms with Crippen LogP contribution in [0.15, 0.2) is 30.3 Å². The van der Waals surface area contributed by atoms with Gasteiger partial charge in [-0.15, -0.1) is 0 Å². The summed E-state index contributed by atoms with van der Waals surface area (Å²) in [6.07, 6.45) is 4.49. The van der Waals surface area contributed by atoms with Crippen molar-refractivity contribution < 1.29 is 13.7 Å². The predicted octanol–water partition coefficient (Wildman–Crippen LogP) is 1.14. The number of nitrogens with two attached hydrogens (primary N) is 1. The Bertz CT molecular complexity index is 656. The van der Waals surface area contributed by atoms with Crippen LogP contribution < -0.4 is 5.32 Å². The number of quaternary nitrogens is 1. The smallest absolute Gasteiger partial charge is 0.156 e. The third-order valence-corrected chi connectivity index (χ3v) is 7.03. The molecular weight excluding hydrogens is 296 g/mol. The van der Waals surface area contributed by atoms with Crippen LogP contribution in [0.2, 0.25) is 0 Å². The van der Waals surface area contributed by atoms with Crippen LogP contribution in [0, 0.1) is 11.3 Å². The molecule has 1 aromatic rings. The molecule has 0 spiro atoms. The van der Waals surface area contributed by atoms with Crippen LogP contribution in [-0.2, 0) is 15.3 Å². The van der Waals surface area contributed by atoms with E-state index < -0.39 is 9.84 Å². The van der Waals surface area contributed by atoms with Crippen LogP contribution in [0.25, 0.3) is 0 Å². The molecule has 3 rings (SSSR count). The minimum absolute atomic E-state index is 0.223. The molecule has 0 unspecified atom stereocenters. The fourth-order valence-electron chi connectivity index (χ4n) is 3.91. The largest absolute Gasteiger partial charge is 0.341 e. The van der Waals surface area contributed by atoms with E-state index in [9.17, 15) is 13.7 Å². The summed E-state index contributed by atoms with van der Waals surface area (Å²) >= 11 is 0. The number of hydrogen-bond acceptors (Lipinski definition) is 3. The molecule has 1 saturated carbocycles. The van der Waals surface area contributed by atoms with E-state index in [2.05, 4.69) is 23.5 Å². The fourth-order valence-corrected chi connectivity index (χ4v) is 5.67. The first kappa shape index (κ1) is 15.5. The van der Waals surface area contributed by atoms with Crippen LogP contribution in [0.4, 0.5) is 0 Å². The fraction of sp³-hybridized carbons (Fsp3) is 0.588. The van der Waals surface area contributed by atoms with Gasteiger partial charge in [0.25, 0.3) is 0 Å². The Morgan fingerprint density at radius 2 is 1.77 bits per heavy atom. The predicted molar refractivity (Wildman–Crippen MR) is 85.0 cm³/mol. The highest BCUT2D eigenvalue weighted by Gasteiger charge is 2.40. The summed E-state index contributed by atoms with van der Waals surface area (Å²) in [5.41, 5.74) is 0.771. The average molecular weight is 319 g/mol. The van der Waals surface area contributed by atoms with E-state index in [1.54, 1.807) is 0 Å². The Balaban J connectivity index is 1.61. The van der Waals surface area contributed by atoms with Gasteiger partial charge in [0.15, 0.2) is 9.84 Å². The molecule has 2 aliphatic rings. The standard InChI is InChI=1S/C17H22N2O2S/c18-13-17(14-4-2-1-3-5-14)9-6-15(7-10-17)19-16-8-11-22(20,21)12-16/h1-5,15-16,19H,6-12H2/p+1/t15?,16-,17?/m1/s1. The van der Waals surface area contributed by atoms with Gasteiger partial charge in [-0.2, -0.15) is 5.26 Å². The topological polar surface area (TPSA) is 74.5 Å². The number of nitrogens with zero attached hydrogens (tertiary/aromatic N) is 1. The lowest BCUT2D eigenvalue weighted by molar-refractivity contribution is -0.719. The minimum Gasteiger partial charge on any atom is -0.341 e. The molecule has 0 bridgehead atoms. The number of nitriles is 1. The van der Waals surface area contributed by atoms with Crippen molar-refractivity contribution in [3.8, 4) is 6.07 Å². The zero-order chi connectivity index (χ0) is 15.6. The summed E-state index contributed by atoms with van der Waals surface area (Å²) in [6, 6.07) is 13.3. The van der Waals surface area contributed by atoms with Crippen molar-refractivity contribution in [2.24, 2.45) is 0 Å². The molecule has 2 fully saturated rings. The van der Waals surface area contributed by atoms with E-state index in [4.69, 9.17) is 0 Å². The van der Waals surface area contributed by atoms with Gasteiger partial charge < -0.3 is 5.32 Å². The maximum Gasteiger partial charge on any atom is 0.156 e. The van der Waals surface area contributed by atoms with Gasteiger partial charge in [-0.05, 0) is 18.4 Å². The molecular formula is C17H23N2O2S+. The Morgan fingerprint density at radius 1 is 1.09 bits per heavy atom. The van der Waals surface area contributed by atoms with E-state index in [0.29, 0.717) is 17.5 Å². The summed E-state index contributed by atoms with van der Waals surface area (Å²) in [5.74, 6) is 0.665. The van der Waals surface area contributed by atoms with Crippen LogP contribution in [0.3, 0.4) is 0 Å². The van der Waals surface area contributed by atoms with Crippen molar-refractivity contribution >= 4 is 9.84 Å². The van der Waals surface area contributed by atoms with Crippen molar-refractivity contribution in [1.82, 2.24) is 0 Å². The van der Waals surface area contributed by atoms with Crippen LogP contribution >= 0.6 is 0 Å². The zero-order valence-corrected chi connectivity index (χ0v) is 13.6. The minimum atomic E-state index is -2.80. The summed E-state index contributed by atoms with van der Waals surface area (Å²) in [5, 5.41) is 12.0. The Hall–Kier alpha value is -1.38. The lowest BCUT2D eigenvalue weighted by Gasteiger charge is -2.35. The highest BCUT2D eigenvalue weighted by atomic mass is 32.2. The summed E-state index contributed by atoms with van der Waals surface area (Å²) < 4.78 is 23.1. The van der Waals surface area contributed by atoms with Gasteiger partial charge in [0.2, 0.25) is 0 Å². The first-order chi connectivity index (χ1) is 10.5. The first-order valence-electron chi connectivity index (χ1n) is 8.05. The molecule has 22 heavy (non-hydrogen) atoms. The summed E-state index contributed by atoms with van der Waals surface area (Å²) in [7, 11) is -2.80. The number of benzene rings is 1. The van der Waals surface area contributed by atoms with E-state index in [1.807, 2.05) is 18.2 Å². The lowest BCUT2D eigenvalue weighted by atomic mass is 9.69. The van der Waals surface area contributed by atoms with Crippen molar-refractivity contribution in [3.63, 3.8) is 0 Å². The Kier molecular flexibility index (Phi) is 4.24. The number of rotatable bonds is 3. The van der Waals surface area contributed by atoms with Gasteiger partial charge in [0.1, 0.15) is 11.8 Å². The Morgan fingerprint density at radius 3 is 2.32 bits per heavy atom. The molecule has 1 aromatic carbocycles.